The third-order valence-electron chi connectivity index (χ3n) is 6.30. The van der Waals surface area contributed by atoms with Crippen LogP contribution < -0.4 is 15.8 Å². The number of aromatic nitrogens is 2. The second kappa shape index (κ2) is 7.27. The molecule has 0 fully saturated rings. The average molecular weight is 412 g/mol. The molecule has 0 radical (unpaired) electrons. The van der Waals surface area contributed by atoms with Gasteiger partial charge in [-0.05, 0) is 68.3 Å². The predicted molar refractivity (Wildman–Crippen MR) is 131 cm³/mol. The largest absolute Gasteiger partial charge is 0.372 e. The number of pyridine rings is 2. The van der Waals surface area contributed by atoms with E-state index < -0.39 is 0 Å². The molecular weight excluding hydrogens is 386 g/mol. The first kappa shape index (κ1) is 19.4. The van der Waals surface area contributed by atoms with E-state index in [2.05, 4.69) is 35.6 Å². The van der Waals surface area contributed by atoms with E-state index in [0.717, 1.165) is 41.8 Å². The van der Waals surface area contributed by atoms with Gasteiger partial charge in [0.2, 0.25) is 0 Å². The minimum Gasteiger partial charge on any atom is -0.372 e. The van der Waals surface area contributed by atoms with Gasteiger partial charge in [-0.15, -0.1) is 0 Å². The zero-order chi connectivity index (χ0) is 21.7. The van der Waals surface area contributed by atoms with Crippen LogP contribution >= 0.6 is 0 Å². The Hall–Kier alpha value is -3.60. The van der Waals surface area contributed by atoms with E-state index in [1.54, 1.807) is 6.07 Å². The SMILES string of the molecule is CCc1ccc2c(=O)c3cc4[nH]c5ccc(N(CC)CC)cc5c(=O)c4cc3[nH]c2c1. The summed E-state index contributed by atoms with van der Waals surface area (Å²) in [6.07, 6.45) is 0.897. The highest BCUT2D eigenvalue weighted by Crippen LogP contribution is 2.24. The summed E-state index contributed by atoms with van der Waals surface area (Å²) >= 11 is 0. The molecule has 0 aliphatic carbocycles. The minimum absolute atomic E-state index is 0.0221. The zero-order valence-electron chi connectivity index (χ0n) is 18.0. The number of H-pyrrole nitrogens is 2. The standard InChI is InChI=1S/C26H25N3O2/c1-4-15-7-9-17-22(11-15)28-24-14-20-23(13-19(24)25(17)30)27-21-10-8-16(29(5-2)6-3)12-18(21)26(20)31/h7-14H,4-6H2,1-3H3,(H,27,31)(H,28,30). The van der Waals surface area contributed by atoms with Crippen LogP contribution in [0, 0.1) is 0 Å². The maximum absolute atomic E-state index is 13.4. The molecule has 0 aliphatic rings. The minimum atomic E-state index is -0.0251. The van der Waals surface area contributed by atoms with Gasteiger partial charge < -0.3 is 14.9 Å². The normalized spacial score (nSPS) is 11.7. The molecule has 0 spiro atoms. The van der Waals surface area contributed by atoms with Crippen LogP contribution in [0.1, 0.15) is 26.3 Å². The molecule has 0 unspecified atom stereocenters. The van der Waals surface area contributed by atoms with Crippen molar-refractivity contribution in [1.82, 2.24) is 9.97 Å². The van der Waals surface area contributed by atoms with Crippen molar-refractivity contribution in [2.45, 2.75) is 27.2 Å². The summed E-state index contributed by atoms with van der Waals surface area (Å²) in [5, 5.41) is 2.49. The molecule has 5 nitrogen and oxygen atoms in total. The van der Waals surface area contributed by atoms with E-state index in [9.17, 15) is 9.59 Å². The molecule has 2 heterocycles. The second-order valence-electron chi connectivity index (χ2n) is 7.99. The number of fused-ring (bicyclic) bond motifs is 4. The van der Waals surface area contributed by atoms with E-state index in [1.165, 1.54) is 0 Å². The van der Waals surface area contributed by atoms with Crippen molar-refractivity contribution >= 4 is 49.3 Å². The summed E-state index contributed by atoms with van der Waals surface area (Å²) in [4.78, 5) is 35.5. The van der Waals surface area contributed by atoms with Crippen LogP contribution in [-0.4, -0.2) is 23.1 Å². The van der Waals surface area contributed by atoms with Crippen molar-refractivity contribution in [1.29, 1.82) is 0 Å². The Morgan fingerprint density at radius 3 is 1.87 bits per heavy atom. The third-order valence-corrected chi connectivity index (χ3v) is 6.30. The number of hydrogen-bond acceptors (Lipinski definition) is 3. The number of aromatic amines is 2. The molecule has 5 aromatic rings. The van der Waals surface area contributed by atoms with Crippen molar-refractivity contribution in [2.24, 2.45) is 0 Å². The van der Waals surface area contributed by atoms with Crippen LogP contribution in [0.4, 0.5) is 5.69 Å². The third kappa shape index (κ3) is 3.00. The van der Waals surface area contributed by atoms with Gasteiger partial charge in [-0.1, -0.05) is 13.0 Å². The van der Waals surface area contributed by atoms with Gasteiger partial charge >= 0.3 is 0 Å². The Kier molecular flexibility index (Phi) is 4.54. The maximum atomic E-state index is 13.4. The highest BCUT2D eigenvalue weighted by atomic mass is 16.1. The molecule has 3 aromatic carbocycles. The second-order valence-corrected chi connectivity index (χ2v) is 7.99. The number of aryl methyl sites for hydroxylation is 1. The lowest BCUT2D eigenvalue weighted by atomic mass is 10.0. The summed E-state index contributed by atoms with van der Waals surface area (Å²) in [6.45, 7) is 8.06. The molecule has 0 saturated carbocycles. The van der Waals surface area contributed by atoms with Crippen LogP contribution in [0.3, 0.4) is 0 Å². The highest BCUT2D eigenvalue weighted by Gasteiger charge is 2.12. The van der Waals surface area contributed by atoms with E-state index in [-0.39, 0.29) is 10.9 Å². The lowest BCUT2D eigenvalue weighted by Gasteiger charge is -2.21. The number of nitrogens with one attached hydrogen (secondary N) is 2. The molecular formula is C26H25N3O2. The number of nitrogens with zero attached hydrogens (tertiary/aromatic N) is 1. The Balaban J connectivity index is 1.83. The lowest BCUT2D eigenvalue weighted by Crippen LogP contribution is -2.22. The molecule has 2 aromatic heterocycles. The monoisotopic (exact) mass is 411 g/mol. The molecule has 2 N–H and O–H groups in total. The molecule has 5 rings (SSSR count). The van der Waals surface area contributed by atoms with Crippen molar-refractivity contribution in [2.75, 3.05) is 18.0 Å². The molecule has 156 valence electrons. The topological polar surface area (TPSA) is 69.0 Å². The first-order chi connectivity index (χ1) is 15.0. The summed E-state index contributed by atoms with van der Waals surface area (Å²) in [6, 6.07) is 15.4. The number of rotatable bonds is 4. The number of anilines is 1. The maximum Gasteiger partial charge on any atom is 0.197 e. The van der Waals surface area contributed by atoms with Crippen molar-refractivity contribution in [3.8, 4) is 0 Å². The van der Waals surface area contributed by atoms with E-state index in [1.807, 2.05) is 42.5 Å². The molecule has 31 heavy (non-hydrogen) atoms. The van der Waals surface area contributed by atoms with Gasteiger partial charge in [0.15, 0.2) is 10.9 Å². The van der Waals surface area contributed by atoms with Crippen LogP contribution in [0.25, 0.3) is 43.6 Å². The van der Waals surface area contributed by atoms with Crippen LogP contribution in [0.5, 0.6) is 0 Å². The first-order valence-electron chi connectivity index (χ1n) is 10.9. The van der Waals surface area contributed by atoms with Crippen LogP contribution in [-0.2, 0) is 6.42 Å². The fraction of sp³-hybridized carbons (Fsp3) is 0.231. The number of hydrogen-bond donors (Lipinski definition) is 2. The van der Waals surface area contributed by atoms with E-state index >= 15 is 0 Å². The zero-order valence-corrected chi connectivity index (χ0v) is 18.0. The van der Waals surface area contributed by atoms with Crippen LogP contribution in [0.2, 0.25) is 0 Å². The first-order valence-corrected chi connectivity index (χ1v) is 10.9. The summed E-state index contributed by atoms with van der Waals surface area (Å²) in [7, 11) is 0. The van der Waals surface area contributed by atoms with Gasteiger partial charge in [-0.3, -0.25) is 9.59 Å². The van der Waals surface area contributed by atoms with Crippen molar-refractivity contribution < 1.29 is 0 Å². The number of benzene rings is 3. The van der Waals surface area contributed by atoms with Crippen molar-refractivity contribution in [3.05, 3.63) is 74.5 Å². The molecule has 0 bridgehead atoms. The average Bonchev–Trinajstić information content (AvgIpc) is 2.79. The van der Waals surface area contributed by atoms with Crippen LogP contribution in [0.15, 0.2) is 58.1 Å². The van der Waals surface area contributed by atoms with Gasteiger partial charge in [0.1, 0.15) is 0 Å². The van der Waals surface area contributed by atoms with Gasteiger partial charge in [-0.25, -0.2) is 0 Å². The van der Waals surface area contributed by atoms with Gasteiger partial charge in [-0.2, -0.15) is 0 Å². The summed E-state index contributed by atoms with van der Waals surface area (Å²) in [5.74, 6) is 0. The summed E-state index contributed by atoms with van der Waals surface area (Å²) < 4.78 is 0. The van der Waals surface area contributed by atoms with Gasteiger partial charge in [0, 0.05) is 45.8 Å². The predicted octanol–water partition coefficient (Wildman–Crippen LogP) is 5.08. The quantitative estimate of drug-likeness (QED) is 0.405. The Bertz CT molecular complexity index is 1590. The fourth-order valence-electron chi connectivity index (χ4n) is 4.49. The molecule has 0 saturated heterocycles. The molecule has 0 aliphatic heterocycles. The lowest BCUT2D eigenvalue weighted by molar-refractivity contribution is 0.867. The van der Waals surface area contributed by atoms with E-state index in [4.69, 9.17) is 0 Å². The van der Waals surface area contributed by atoms with E-state index in [0.29, 0.717) is 32.6 Å². The summed E-state index contributed by atoms with van der Waals surface area (Å²) in [5.41, 5.74) is 5.09. The van der Waals surface area contributed by atoms with Gasteiger partial charge in [0.25, 0.3) is 0 Å². The Morgan fingerprint density at radius 1 is 0.645 bits per heavy atom. The Morgan fingerprint density at radius 2 is 1.23 bits per heavy atom. The Labute approximate surface area is 179 Å². The smallest absolute Gasteiger partial charge is 0.197 e. The highest BCUT2D eigenvalue weighted by molar-refractivity contribution is 6.03. The fourth-order valence-corrected chi connectivity index (χ4v) is 4.49. The molecule has 5 heteroatoms. The van der Waals surface area contributed by atoms with Crippen molar-refractivity contribution in [3.63, 3.8) is 0 Å². The molecule has 0 atom stereocenters. The van der Waals surface area contributed by atoms with Gasteiger partial charge in [0.05, 0.1) is 16.6 Å². The molecule has 0 amide bonds.